The SMILES string of the molecule is O=S1(=O)CCc2cc(B(O)O)ccc21. The van der Waals surface area contributed by atoms with Gasteiger partial charge in [-0.05, 0) is 23.5 Å². The lowest BCUT2D eigenvalue weighted by Crippen LogP contribution is -2.30. The summed E-state index contributed by atoms with van der Waals surface area (Å²) in [6, 6.07) is 4.39. The number of hydrogen-bond donors (Lipinski definition) is 2. The molecule has 0 saturated carbocycles. The fourth-order valence-electron chi connectivity index (χ4n) is 1.61. The second-order valence-electron chi connectivity index (χ2n) is 3.31. The molecule has 1 heterocycles. The first kappa shape index (κ1) is 9.70. The van der Waals surface area contributed by atoms with E-state index in [1.165, 1.54) is 18.2 Å². The summed E-state index contributed by atoms with van der Waals surface area (Å²) in [5, 5.41) is 17.8. The Hall–Kier alpha value is -0.845. The molecular formula is C8H9BO4S. The van der Waals surface area contributed by atoms with Crippen molar-refractivity contribution in [1.82, 2.24) is 0 Å². The van der Waals surface area contributed by atoms with Crippen molar-refractivity contribution in [2.45, 2.75) is 11.3 Å². The van der Waals surface area contributed by atoms with Crippen LogP contribution in [0.3, 0.4) is 0 Å². The maximum Gasteiger partial charge on any atom is 0.488 e. The molecule has 4 nitrogen and oxygen atoms in total. The van der Waals surface area contributed by atoms with E-state index >= 15 is 0 Å². The maximum absolute atomic E-state index is 11.4. The quantitative estimate of drug-likeness (QED) is 0.567. The Bertz CT molecular complexity index is 466. The van der Waals surface area contributed by atoms with Crippen LogP contribution in [-0.4, -0.2) is 31.3 Å². The highest BCUT2D eigenvalue weighted by Crippen LogP contribution is 2.24. The zero-order chi connectivity index (χ0) is 10.3. The maximum atomic E-state index is 11.4. The smallest absolute Gasteiger partial charge is 0.423 e. The van der Waals surface area contributed by atoms with E-state index in [1.54, 1.807) is 0 Å². The molecule has 0 aromatic heterocycles. The van der Waals surface area contributed by atoms with Crippen LogP contribution in [0.4, 0.5) is 0 Å². The predicted octanol–water partition coefficient (Wildman–Crippen LogP) is -1.30. The van der Waals surface area contributed by atoms with Gasteiger partial charge in [0.05, 0.1) is 10.6 Å². The predicted molar refractivity (Wildman–Crippen MR) is 52.0 cm³/mol. The molecule has 0 unspecified atom stereocenters. The highest BCUT2D eigenvalue weighted by atomic mass is 32.2. The third kappa shape index (κ3) is 1.45. The molecule has 14 heavy (non-hydrogen) atoms. The Balaban J connectivity index is 2.55. The fourth-order valence-corrected chi connectivity index (χ4v) is 3.16. The van der Waals surface area contributed by atoms with E-state index in [4.69, 9.17) is 10.0 Å². The van der Waals surface area contributed by atoms with Gasteiger partial charge in [-0.2, -0.15) is 0 Å². The molecule has 0 atom stereocenters. The zero-order valence-electron chi connectivity index (χ0n) is 7.34. The third-order valence-electron chi connectivity index (χ3n) is 2.36. The van der Waals surface area contributed by atoms with E-state index in [-0.39, 0.29) is 5.75 Å². The van der Waals surface area contributed by atoms with Crippen molar-refractivity contribution in [3.63, 3.8) is 0 Å². The molecule has 1 aromatic carbocycles. The van der Waals surface area contributed by atoms with Crippen molar-refractivity contribution in [3.8, 4) is 0 Å². The lowest BCUT2D eigenvalue weighted by Gasteiger charge is -2.02. The lowest BCUT2D eigenvalue weighted by atomic mass is 9.79. The first-order valence-electron chi connectivity index (χ1n) is 4.22. The summed E-state index contributed by atoms with van der Waals surface area (Å²) >= 11 is 0. The standard InChI is InChI=1S/C8H9BO4S/c10-9(11)7-1-2-8-6(5-7)3-4-14(8,12)13/h1-2,5,10-11H,3-4H2. The minimum absolute atomic E-state index is 0.118. The molecule has 0 saturated heterocycles. The van der Waals surface area contributed by atoms with Crippen LogP contribution in [0.25, 0.3) is 0 Å². The van der Waals surface area contributed by atoms with Crippen LogP contribution in [0.15, 0.2) is 23.1 Å². The van der Waals surface area contributed by atoms with E-state index in [0.717, 1.165) is 0 Å². The van der Waals surface area contributed by atoms with Crippen LogP contribution < -0.4 is 5.46 Å². The van der Waals surface area contributed by atoms with E-state index in [2.05, 4.69) is 0 Å². The Morgan fingerprint density at radius 2 is 2.00 bits per heavy atom. The molecule has 0 amide bonds. The van der Waals surface area contributed by atoms with E-state index < -0.39 is 17.0 Å². The highest BCUT2D eigenvalue weighted by molar-refractivity contribution is 7.91. The summed E-state index contributed by atoms with van der Waals surface area (Å²) in [5.41, 5.74) is 1.01. The van der Waals surface area contributed by atoms with Crippen LogP contribution in [0.2, 0.25) is 0 Å². The summed E-state index contributed by atoms with van der Waals surface area (Å²) in [5.74, 6) is 0.118. The largest absolute Gasteiger partial charge is 0.488 e. The zero-order valence-corrected chi connectivity index (χ0v) is 8.16. The van der Waals surface area contributed by atoms with Crippen molar-refractivity contribution in [2.75, 3.05) is 5.75 Å². The topological polar surface area (TPSA) is 74.6 Å². The molecule has 0 radical (unpaired) electrons. The first-order chi connectivity index (χ1) is 6.50. The van der Waals surface area contributed by atoms with Crippen molar-refractivity contribution in [2.24, 2.45) is 0 Å². The Labute approximate surface area is 82.3 Å². The summed E-state index contributed by atoms with van der Waals surface area (Å²) in [4.78, 5) is 0.321. The summed E-state index contributed by atoms with van der Waals surface area (Å²) in [6.45, 7) is 0. The van der Waals surface area contributed by atoms with Crippen molar-refractivity contribution in [3.05, 3.63) is 23.8 Å². The lowest BCUT2D eigenvalue weighted by molar-refractivity contribution is 0.425. The van der Waals surface area contributed by atoms with Gasteiger partial charge >= 0.3 is 7.12 Å². The molecule has 2 N–H and O–H groups in total. The van der Waals surface area contributed by atoms with Crippen molar-refractivity contribution in [1.29, 1.82) is 0 Å². The molecule has 0 bridgehead atoms. The van der Waals surface area contributed by atoms with E-state index in [9.17, 15) is 8.42 Å². The number of sulfone groups is 1. The van der Waals surface area contributed by atoms with Gasteiger partial charge in [-0.25, -0.2) is 8.42 Å². The highest BCUT2D eigenvalue weighted by Gasteiger charge is 2.27. The second kappa shape index (κ2) is 3.08. The molecule has 1 aromatic rings. The summed E-state index contributed by atoms with van der Waals surface area (Å²) < 4.78 is 22.8. The molecule has 0 spiro atoms. The molecule has 1 aliphatic heterocycles. The molecule has 0 fully saturated rings. The number of rotatable bonds is 1. The van der Waals surface area contributed by atoms with Crippen molar-refractivity contribution < 1.29 is 18.5 Å². The molecule has 6 heteroatoms. The summed E-state index contributed by atoms with van der Waals surface area (Å²) in [7, 11) is -4.65. The van der Waals surface area contributed by atoms with E-state index in [0.29, 0.717) is 22.3 Å². The number of aryl methyl sites for hydroxylation is 1. The molecule has 1 aliphatic rings. The fraction of sp³-hybridized carbons (Fsp3) is 0.250. The number of hydrogen-bond acceptors (Lipinski definition) is 4. The van der Waals surface area contributed by atoms with Crippen LogP contribution in [0, 0.1) is 0 Å². The first-order valence-corrected chi connectivity index (χ1v) is 5.88. The molecule has 74 valence electrons. The Kier molecular flexibility index (Phi) is 2.13. The van der Waals surface area contributed by atoms with Crippen LogP contribution in [-0.2, 0) is 16.3 Å². The van der Waals surface area contributed by atoms with Gasteiger partial charge in [0.15, 0.2) is 9.84 Å². The van der Waals surface area contributed by atoms with Crippen molar-refractivity contribution >= 4 is 22.4 Å². The van der Waals surface area contributed by atoms with E-state index in [1.807, 2.05) is 0 Å². The molecule has 2 rings (SSSR count). The van der Waals surface area contributed by atoms with Gasteiger partial charge in [0.25, 0.3) is 0 Å². The minimum atomic E-state index is -3.11. The van der Waals surface area contributed by atoms with Gasteiger partial charge in [0.2, 0.25) is 0 Å². The van der Waals surface area contributed by atoms with Crippen LogP contribution >= 0.6 is 0 Å². The van der Waals surface area contributed by atoms with Gasteiger partial charge in [-0.1, -0.05) is 12.1 Å². The van der Waals surface area contributed by atoms with Gasteiger partial charge in [0, 0.05) is 0 Å². The van der Waals surface area contributed by atoms with Crippen LogP contribution in [0.1, 0.15) is 5.56 Å². The monoisotopic (exact) mass is 212 g/mol. The number of benzene rings is 1. The normalized spacial score (nSPS) is 17.9. The van der Waals surface area contributed by atoms with Gasteiger partial charge in [-0.15, -0.1) is 0 Å². The Morgan fingerprint density at radius 1 is 1.29 bits per heavy atom. The van der Waals surface area contributed by atoms with Gasteiger partial charge in [0.1, 0.15) is 0 Å². The minimum Gasteiger partial charge on any atom is -0.423 e. The number of fused-ring (bicyclic) bond motifs is 1. The third-order valence-corrected chi connectivity index (χ3v) is 4.17. The summed E-state index contributed by atoms with van der Waals surface area (Å²) in [6.07, 6.45) is 0.457. The molecular weight excluding hydrogens is 203 g/mol. The average molecular weight is 212 g/mol. The van der Waals surface area contributed by atoms with Crippen LogP contribution in [0.5, 0.6) is 0 Å². The van der Waals surface area contributed by atoms with Gasteiger partial charge < -0.3 is 10.0 Å². The second-order valence-corrected chi connectivity index (χ2v) is 5.39. The van der Waals surface area contributed by atoms with Gasteiger partial charge in [-0.3, -0.25) is 0 Å². The Morgan fingerprint density at radius 3 is 2.64 bits per heavy atom. The molecule has 0 aliphatic carbocycles. The average Bonchev–Trinajstić information content (AvgIpc) is 2.42.